The lowest BCUT2D eigenvalue weighted by Gasteiger charge is -2.46. The van der Waals surface area contributed by atoms with Crippen molar-refractivity contribution in [3.05, 3.63) is 120 Å². The van der Waals surface area contributed by atoms with E-state index in [0.29, 0.717) is 50.0 Å². The summed E-state index contributed by atoms with van der Waals surface area (Å²) in [6.07, 6.45) is 2.68. The van der Waals surface area contributed by atoms with E-state index >= 15 is 0 Å². The third-order valence-electron chi connectivity index (χ3n) is 10.4. The van der Waals surface area contributed by atoms with Gasteiger partial charge in [0.25, 0.3) is 0 Å². The summed E-state index contributed by atoms with van der Waals surface area (Å²) in [5, 5.41) is 0. The van der Waals surface area contributed by atoms with E-state index in [1.165, 1.54) is 4.31 Å². The van der Waals surface area contributed by atoms with Crippen LogP contribution in [0.25, 0.3) is 0 Å². The van der Waals surface area contributed by atoms with E-state index in [1.807, 2.05) is 66.7 Å². The molecule has 1 aliphatic heterocycles. The monoisotopic (exact) mass is 807 g/mol. The maximum atomic E-state index is 13.8. The molecule has 10 nitrogen and oxygen atoms in total. The third kappa shape index (κ3) is 11.7. The first kappa shape index (κ1) is 42.4. The van der Waals surface area contributed by atoms with Crippen molar-refractivity contribution in [2.75, 3.05) is 37.2 Å². The lowest BCUT2D eigenvalue weighted by atomic mass is 10.0. The van der Waals surface area contributed by atoms with E-state index in [4.69, 9.17) is 13.9 Å². The average molecular weight is 808 g/mol. The molecule has 1 N–H and O–H groups in total. The van der Waals surface area contributed by atoms with Crippen molar-refractivity contribution in [3.63, 3.8) is 0 Å². The molecule has 1 fully saturated rings. The number of anilines is 1. The molecule has 1 aliphatic rings. The molecule has 13 heteroatoms. The molecule has 4 aromatic carbocycles. The number of sulfonamides is 2. The number of ether oxygens (including phenoxy) is 2. The molecule has 0 bridgehead atoms. The second kappa shape index (κ2) is 19.4. The summed E-state index contributed by atoms with van der Waals surface area (Å²) in [4.78, 5) is 2.56. The third-order valence-corrected chi connectivity index (χ3v) is 17.5. The minimum Gasteiger partial charge on any atom is -0.494 e. The molecular weight excluding hydrogens is 751 g/mol. The Balaban J connectivity index is 1.44. The van der Waals surface area contributed by atoms with Crippen LogP contribution in [0.15, 0.2) is 108 Å². The summed E-state index contributed by atoms with van der Waals surface area (Å²) >= 11 is 0. The van der Waals surface area contributed by atoms with Gasteiger partial charge in [0.05, 0.1) is 29.5 Å². The Morgan fingerprint density at radius 1 is 0.800 bits per heavy atom. The summed E-state index contributed by atoms with van der Waals surface area (Å²) < 4.78 is 76.2. The first-order chi connectivity index (χ1) is 26.4. The van der Waals surface area contributed by atoms with Crippen molar-refractivity contribution < 1.29 is 30.7 Å². The zero-order valence-electron chi connectivity index (χ0n) is 32.8. The van der Waals surface area contributed by atoms with E-state index in [1.54, 1.807) is 24.3 Å². The Morgan fingerprint density at radius 3 is 2.00 bits per heavy atom. The van der Waals surface area contributed by atoms with E-state index in [-0.39, 0.29) is 17.5 Å². The first-order valence-corrected chi connectivity index (χ1v) is 25.2. The number of nitrogens with one attached hydrogen (secondary N) is 1. The van der Waals surface area contributed by atoms with Crippen LogP contribution in [0, 0.1) is 0 Å². The first-order valence-electron chi connectivity index (χ1n) is 19.4. The van der Waals surface area contributed by atoms with Gasteiger partial charge in [0.15, 0.2) is 8.32 Å². The van der Waals surface area contributed by atoms with Crippen molar-refractivity contribution in [2.45, 2.75) is 88.9 Å². The molecule has 1 atom stereocenters. The number of nitrogens with zero attached hydrogens (tertiary/aromatic N) is 2. The van der Waals surface area contributed by atoms with Gasteiger partial charge in [0.1, 0.15) is 18.1 Å². The van der Waals surface area contributed by atoms with Gasteiger partial charge >= 0.3 is 0 Å². The maximum absolute atomic E-state index is 13.8. The average Bonchev–Trinajstić information content (AvgIpc) is 3.16. The molecule has 0 radical (unpaired) electrons. The fourth-order valence-electron chi connectivity index (χ4n) is 6.81. The summed E-state index contributed by atoms with van der Waals surface area (Å²) in [6.45, 7) is 11.3. The molecule has 1 heterocycles. The van der Waals surface area contributed by atoms with Gasteiger partial charge in [-0.25, -0.2) is 16.8 Å². The number of unbranched alkanes of at least 4 members (excludes halogenated alkanes) is 1. The molecule has 55 heavy (non-hydrogen) atoms. The van der Waals surface area contributed by atoms with Crippen LogP contribution in [-0.2, 0) is 37.6 Å². The minimum atomic E-state index is -3.71. The Labute approximate surface area is 330 Å². The van der Waals surface area contributed by atoms with Gasteiger partial charge in [0.2, 0.25) is 20.0 Å². The van der Waals surface area contributed by atoms with Crippen molar-refractivity contribution in [1.29, 1.82) is 0 Å². The van der Waals surface area contributed by atoms with Crippen molar-refractivity contribution in [1.82, 2.24) is 9.21 Å². The summed E-state index contributed by atoms with van der Waals surface area (Å²) in [7, 11) is -9.55. The highest BCUT2D eigenvalue weighted by Crippen LogP contribution is 2.37. The molecule has 0 aromatic heterocycles. The van der Waals surface area contributed by atoms with Gasteiger partial charge < -0.3 is 13.9 Å². The highest BCUT2D eigenvalue weighted by molar-refractivity contribution is 7.92. The Kier molecular flexibility index (Phi) is 15.0. The molecule has 0 spiro atoms. The van der Waals surface area contributed by atoms with Gasteiger partial charge in [-0.3, -0.25) is 9.62 Å². The smallest absolute Gasteiger partial charge is 0.243 e. The van der Waals surface area contributed by atoms with Crippen molar-refractivity contribution >= 4 is 34.1 Å². The molecule has 0 saturated carbocycles. The maximum Gasteiger partial charge on any atom is 0.243 e. The van der Waals surface area contributed by atoms with Crippen molar-refractivity contribution in [2.24, 2.45) is 0 Å². The zero-order valence-corrected chi connectivity index (χ0v) is 35.4. The standard InChI is InChI=1S/C42H57N3O7S2Si/c1-6-10-27-50-38-22-24-39(25-23-38)54(48,49)45-30-37(31-45)44(29-34-17-13-11-14-18-34)32-42(52-55(7-2,8-3)9-4)36-21-26-41(40(28-36)43-53(5,46)47)51-33-35-19-15-12-16-20-35/h11-26,28,37,42-43H,6-10,27,29-33H2,1-5H3/t42-/m0/s1. The summed E-state index contributed by atoms with van der Waals surface area (Å²) in [5.41, 5.74) is 3.24. The number of benzene rings is 4. The fourth-order valence-corrected chi connectivity index (χ4v) is 11.7. The predicted octanol–water partition coefficient (Wildman–Crippen LogP) is 8.45. The van der Waals surface area contributed by atoms with Crippen LogP contribution in [0.4, 0.5) is 5.69 Å². The van der Waals surface area contributed by atoms with E-state index in [2.05, 4.69) is 49.4 Å². The largest absolute Gasteiger partial charge is 0.494 e. The number of hydrogen-bond acceptors (Lipinski definition) is 8. The summed E-state index contributed by atoms with van der Waals surface area (Å²) in [6, 6.07) is 34.9. The van der Waals surface area contributed by atoms with Gasteiger partial charge in [-0.15, -0.1) is 0 Å². The van der Waals surface area contributed by atoms with Crippen molar-refractivity contribution in [3.8, 4) is 11.5 Å². The molecule has 0 amide bonds. The highest BCUT2D eigenvalue weighted by atomic mass is 32.2. The summed E-state index contributed by atoms with van der Waals surface area (Å²) in [5.74, 6) is 1.08. The van der Waals surface area contributed by atoms with Crippen LogP contribution in [0.5, 0.6) is 11.5 Å². The molecule has 0 unspecified atom stereocenters. The van der Waals surface area contributed by atoms with Crippen LogP contribution in [0.1, 0.15) is 63.3 Å². The molecule has 298 valence electrons. The van der Waals surface area contributed by atoms with Gasteiger partial charge in [0, 0.05) is 32.2 Å². The molecule has 0 aliphatic carbocycles. The highest BCUT2D eigenvalue weighted by Gasteiger charge is 2.41. The van der Waals surface area contributed by atoms with Crippen LogP contribution in [0.3, 0.4) is 0 Å². The lowest BCUT2D eigenvalue weighted by molar-refractivity contribution is 0.0391. The number of rotatable bonds is 22. The number of hydrogen-bond donors (Lipinski definition) is 1. The van der Waals surface area contributed by atoms with E-state index < -0.39 is 34.5 Å². The second-order valence-electron chi connectivity index (χ2n) is 14.3. The molecule has 4 aromatic rings. The quantitative estimate of drug-likeness (QED) is 0.0622. The molecule has 5 rings (SSSR count). The topological polar surface area (TPSA) is 114 Å². The minimum absolute atomic E-state index is 0.0687. The van der Waals surface area contributed by atoms with Crippen LogP contribution >= 0.6 is 0 Å². The van der Waals surface area contributed by atoms with Crippen LogP contribution in [-0.4, -0.2) is 72.9 Å². The SMILES string of the molecule is CCCCOc1ccc(S(=O)(=O)N2CC(N(Cc3ccccc3)C[C@H](O[Si](CC)(CC)CC)c3ccc(OCc4ccccc4)c(NS(C)(=O)=O)c3)C2)cc1. The Morgan fingerprint density at radius 2 is 1.42 bits per heavy atom. The van der Waals surface area contributed by atoms with E-state index in [9.17, 15) is 16.8 Å². The van der Waals surface area contributed by atoms with Gasteiger partial charge in [-0.1, -0.05) is 101 Å². The predicted molar refractivity (Wildman–Crippen MR) is 223 cm³/mol. The second-order valence-corrected chi connectivity index (χ2v) is 22.7. The van der Waals surface area contributed by atoms with Gasteiger partial charge in [-0.2, -0.15) is 4.31 Å². The van der Waals surface area contributed by atoms with E-state index in [0.717, 1.165) is 53.9 Å². The normalized spacial score (nSPS) is 14.7. The zero-order chi connectivity index (χ0) is 39.5. The van der Waals surface area contributed by atoms with Gasteiger partial charge in [-0.05, 0) is 77.6 Å². The van der Waals surface area contributed by atoms with Crippen LogP contribution in [0.2, 0.25) is 18.1 Å². The lowest BCUT2D eigenvalue weighted by Crippen LogP contribution is -2.61. The fraction of sp³-hybridized carbons (Fsp3) is 0.429. The van der Waals surface area contributed by atoms with Crippen LogP contribution < -0.4 is 14.2 Å². The Bertz CT molecular complexity index is 2000. The molecular formula is C42H57N3O7S2Si. The Hall–Kier alpha value is -3.72. The molecule has 1 saturated heterocycles.